The third kappa shape index (κ3) is 3.74. The maximum atomic E-state index is 11.7. The van der Waals surface area contributed by atoms with Gasteiger partial charge in [-0.1, -0.05) is 42.5 Å². The number of aliphatic hydroxyl groups is 1. The first-order valence-corrected chi connectivity index (χ1v) is 6.39. The number of nitrogens with one attached hydrogen (secondary N) is 1. The lowest BCUT2D eigenvalue weighted by atomic mass is 10.1. The summed E-state index contributed by atoms with van der Waals surface area (Å²) in [6.45, 7) is 0. The minimum absolute atomic E-state index is 0.121. The molecule has 2 N–H and O–H groups in total. The zero-order valence-corrected chi connectivity index (χ0v) is 11.4. The van der Waals surface area contributed by atoms with E-state index in [1.54, 1.807) is 36.4 Å². The van der Waals surface area contributed by atoms with Crippen LogP contribution >= 0.6 is 0 Å². The fourth-order valence-corrected chi connectivity index (χ4v) is 1.78. The van der Waals surface area contributed by atoms with Gasteiger partial charge in [0.2, 0.25) is 0 Å². The van der Waals surface area contributed by atoms with Crippen LogP contribution in [-0.2, 0) is 4.79 Å². The molecule has 7 heteroatoms. The predicted octanol–water partition coefficient (Wildman–Crippen LogP) is 1.78. The third-order valence-electron chi connectivity index (χ3n) is 2.88. The average molecular weight is 299 g/mol. The van der Waals surface area contributed by atoms with Crippen molar-refractivity contribution in [1.29, 1.82) is 0 Å². The average Bonchev–Trinajstić information content (AvgIpc) is 2.55. The van der Waals surface area contributed by atoms with E-state index in [0.717, 1.165) is 6.21 Å². The van der Waals surface area contributed by atoms with Crippen molar-refractivity contribution in [2.24, 2.45) is 5.10 Å². The molecule has 112 valence electrons. The number of hydrogen-bond donors (Lipinski definition) is 2. The number of amides is 1. The molecule has 0 spiro atoms. The SMILES string of the molecule is O=C(N/N=C\c1ccccc1[N+](=O)[O-])[C@H](O)c1ccccc1. The van der Waals surface area contributed by atoms with Crippen LogP contribution in [0.5, 0.6) is 0 Å². The molecule has 0 aliphatic heterocycles. The van der Waals surface area contributed by atoms with E-state index in [1.807, 2.05) is 0 Å². The molecule has 2 aromatic rings. The van der Waals surface area contributed by atoms with Crippen molar-refractivity contribution < 1.29 is 14.8 Å². The molecule has 0 radical (unpaired) electrons. The molecule has 22 heavy (non-hydrogen) atoms. The summed E-state index contributed by atoms with van der Waals surface area (Å²) in [6, 6.07) is 14.4. The standard InChI is InChI=1S/C15H13N3O4/c19-14(11-6-2-1-3-7-11)15(20)17-16-10-12-8-4-5-9-13(12)18(21)22/h1-10,14,19H,(H,17,20)/b16-10-/t14-/m1/s1. The normalized spacial score (nSPS) is 12.0. The molecule has 0 saturated heterocycles. The van der Waals surface area contributed by atoms with Gasteiger partial charge in [-0.3, -0.25) is 14.9 Å². The number of carbonyl (C=O) groups is 1. The number of nitrogens with zero attached hydrogens (tertiary/aromatic N) is 2. The van der Waals surface area contributed by atoms with E-state index in [-0.39, 0.29) is 11.3 Å². The molecule has 0 bridgehead atoms. The fourth-order valence-electron chi connectivity index (χ4n) is 1.78. The van der Waals surface area contributed by atoms with Crippen molar-refractivity contribution in [3.05, 3.63) is 75.8 Å². The van der Waals surface area contributed by atoms with Gasteiger partial charge in [-0.05, 0) is 11.6 Å². The van der Waals surface area contributed by atoms with Gasteiger partial charge >= 0.3 is 0 Å². The van der Waals surface area contributed by atoms with Crippen LogP contribution in [0.4, 0.5) is 5.69 Å². The first kappa shape index (κ1) is 15.3. The molecular formula is C15H13N3O4. The Morgan fingerprint density at radius 1 is 1.18 bits per heavy atom. The molecule has 2 aromatic carbocycles. The van der Waals surface area contributed by atoms with Crippen LogP contribution in [0.3, 0.4) is 0 Å². The van der Waals surface area contributed by atoms with Gasteiger partial charge in [0.15, 0.2) is 6.10 Å². The summed E-state index contributed by atoms with van der Waals surface area (Å²) >= 11 is 0. The minimum atomic E-state index is -1.36. The maximum Gasteiger partial charge on any atom is 0.278 e. The van der Waals surface area contributed by atoms with E-state index in [2.05, 4.69) is 10.5 Å². The Labute approximate surface area is 126 Å². The lowest BCUT2D eigenvalue weighted by molar-refractivity contribution is -0.385. The molecule has 2 rings (SSSR count). The number of para-hydroxylation sites is 1. The Kier molecular flexibility index (Phi) is 4.94. The predicted molar refractivity (Wildman–Crippen MR) is 80.2 cm³/mol. The van der Waals surface area contributed by atoms with Crippen LogP contribution in [-0.4, -0.2) is 22.2 Å². The molecule has 0 aliphatic rings. The Balaban J connectivity index is 2.04. The van der Waals surface area contributed by atoms with E-state index >= 15 is 0 Å². The molecular weight excluding hydrogens is 286 g/mol. The van der Waals surface area contributed by atoms with Gasteiger partial charge in [-0.25, -0.2) is 5.43 Å². The molecule has 1 atom stereocenters. The number of nitro benzene ring substituents is 1. The second-order valence-corrected chi connectivity index (χ2v) is 4.36. The second kappa shape index (κ2) is 7.09. The van der Waals surface area contributed by atoms with Crippen molar-refractivity contribution in [3.8, 4) is 0 Å². The summed E-state index contributed by atoms with van der Waals surface area (Å²) < 4.78 is 0. The number of hydrogen-bond acceptors (Lipinski definition) is 5. The lowest BCUT2D eigenvalue weighted by Crippen LogP contribution is -2.25. The number of carbonyl (C=O) groups excluding carboxylic acids is 1. The van der Waals surface area contributed by atoms with Crippen molar-refractivity contribution >= 4 is 17.8 Å². The van der Waals surface area contributed by atoms with Gasteiger partial charge in [-0.2, -0.15) is 5.10 Å². The van der Waals surface area contributed by atoms with Crippen molar-refractivity contribution in [2.75, 3.05) is 0 Å². The molecule has 0 aliphatic carbocycles. The van der Waals surface area contributed by atoms with Crippen molar-refractivity contribution in [2.45, 2.75) is 6.10 Å². The van der Waals surface area contributed by atoms with Crippen LogP contribution in [0, 0.1) is 10.1 Å². The van der Waals surface area contributed by atoms with Gasteiger partial charge in [0.25, 0.3) is 11.6 Å². The maximum absolute atomic E-state index is 11.7. The van der Waals surface area contributed by atoms with Crippen LogP contribution in [0.15, 0.2) is 59.7 Å². The van der Waals surface area contributed by atoms with Crippen molar-refractivity contribution in [3.63, 3.8) is 0 Å². The van der Waals surface area contributed by atoms with E-state index in [9.17, 15) is 20.0 Å². The van der Waals surface area contributed by atoms with E-state index < -0.39 is 16.9 Å². The highest BCUT2D eigenvalue weighted by Crippen LogP contribution is 2.15. The topological polar surface area (TPSA) is 105 Å². The first-order valence-electron chi connectivity index (χ1n) is 6.39. The van der Waals surface area contributed by atoms with Crippen LogP contribution in [0.1, 0.15) is 17.2 Å². The van der Waals surface area contributed by atoms with Crippen LogP contribution in [0.25, 0.3) is 0 Å². The first-order chi connectivity index (χ1) is 10.6. The van der Waals surface area contributed by atoms with Gasteiger partial charge in [-0.15, -0.1) is 0 Å². The zero-order valence-electron chi connectivity index (χ0n) is 11.4. The Morgan fingerprint density at radius 2 is 1.82 bits per heavy atom. The van der Waals surface area contributed by atoms with Gasteiger partial charge in [0, 0.05) is 6.07 Å². The number of hydrazone groups is 1. The number of benzene rings is 2. The second-order valence-electron chi connectivity index (χ2n) is 4.36. The van der Waals surface area contributed by atoms with E-state index in [0.29, 0.717) is 5.56 Å². The summed E-state index contributed by atoms with van der Waals surface area (Å²) in [5.41, 5.74) is 2.72. The van der Waals surface area contributed by atoms with E-state index in [4.69, 9.17) is 0 Å². The Bertz CT molecular complexity index is 701. The number of rotatable bonds is 5. The molecule has 0 unspecified atom stereocenters. The molecule has 0 fully saturated rings. The molecule has 7 nitrogen and oxygen atoms in total. The zero-order chi connectivity index (χ0) is 15.9. The molecule has 0 heterocycles. The van der Waals surface area contributed by atoms with Gasteiger partial charge in [0.05, 0.1) is 16.7 Å². The smallest absolute Gasteiger partial charge is 0.278 e. The molecule has 0 saturated carbocycles. The summed E-state index contributed by atoms with van der Waals surface area (Å²) in [4.78, 5) is 22.0. The highest BCUT2D eigenvalue weighted by molar-refractivity contribution is 5.87. The fraction of sp³-hybridized carbons (Fsp3) is 0.0667. The molecule has 1 amide bonds. The number of aliphatic hydroxyl groups excluding tert-OH is 1. The largest absolute Gasteiger partial charge is 0.378 e. The summed E-state index contributed by atoms with van der Waals surface area (Å²) in [7, 11) is 0. The third-order valence-corrected chi connectivity index (χ3v) is 2.88. The lowest BCUT2D eigenvalue weighted by Gasteiger charge is -2.08. The Morgan fingerprint density at radius 3 is 2.50 bits per heavy atom. The Hall–Kier alpha value is -3.06. The quantitative estimate of drug-likeness (QED) is 0.498. The highest BCUT2D eigenvalue weighted by atomic mass is 16.6. The van der Waals surface area contributed by atoms with Gasteiger partial charge in [0.1, 0.15) is 0 Å². The van der Waals surface area contributed by atoms with Gasteiger partial charge < -0.3 is 5.11 Å². The molecule has 0 aromatic heterocycles. The number of nitro groups is 1. The van der Waals surface area contributed by atoms with Crippen molar-refractivity contribution in [1.82, 2.24) is 5.43 Å². The summed E-state index contributed by atoms with van der Waals surface area (Å²) in [6.07, 6.45) is -0.197. The highest BCUT2D eigenvalue weighted by Gasteiger charge is 2.16. The van der Waals surface area contributed by atoms with Crippen LogP contribution in [0.2, 0.25) is 0 Å². The minimum Gasteiger partial charge on any atom is -0.378 e. The monoisotopic (exact) mass is 299 g/mol. The summed E-state index contributed by atoms with van der Waals surface area (Å²) in [5.74, 6) is -0.721. The van der Waals surface area contributed by atoms with E-state index in [1.165, 1.54) is 18.2 Å². The summed E-state index contributed by atoms with van der Waals surface area (Å²) in [5, 5.41) is 24.3. The van der Waals surface area contributed by atoms with Crippen LogP contribution < -0.4 is 5.43 Å².